The highest BCUT2D eigenvalue weighted by Crippen LogP contribution is 2.28. The van der Waals surface area contributed by atoms with Crippen molar-refractivity contribution in [1.29, 1.82) is 0 Å². The first kappa shape index (κ1) is 23.4. The molecular formula is C25H21ClFN3O4. The maximum Gasteiger partial charge on any atom is 0.188 e. The van der Waals surface area contributed by atoms with Gasteiger partial charge in [0.25, 0.3) is 0 Å². The Labute approximate surface area is 200 Å². The fraction of sp³-hybridized carbons (Fsp3) is 0.160. The number of ether oxygens (including phenoxy) is 2. The lowest BCUT2D eigenvalue weighted by Gasteiger charge is -2.11. The van der Waals surface area contributed by atoms with E-state index < -0.39 is 12.4 Å². The van der Waals surface area contributed by atoms with E-state index in [0.29, 0.717) is 48.2 Å². The van der Waals surface area contributed by atoms with Crippen LogP contribution in [0, 0.1) is 5.82 Å². The van der Waals surface area contributed by atoms with E-state index in [2.05, 4.69) is 15.3 Å². The van der Waals surface area contributed by atoms with Crippen molar-refractivity contribution < 1.29 is 23.8 Å². The predicted octanol–water partition coefficient (Wildman–Crippen LogP) is 5.19. The average Bonchev–Trinajstić information content (AvgIpc) is 2.86. The average molecular weight is 482 g/mol. The first-order valence-electron chi connectivity index (χ1n) is 10.5. The number of aliphatic hydroxyl groups is 1. The monoisotopic (exact) mass is 481 g/mol. The molecule has 0 aliphatic heterocycles. The molecular weight excluding hydrogens is 461 g/mol. The minimum Gasteiger partial charge on any atom is -0.493 e. The van der Waals surface area contributed by atoms with Crippen LogP contribution >= 0.6 is 11.6 Å². The molecule has 0 spiro atoms. The Morgan fingerprint density at radius 3 is 2.44 bits per heavy atom. The maximum absolute atomic E-state index is 13.4. The number of carbonyl (C=O) groups excluding carboxylic acids is 1. The second-order valence-corrected chi connectivity index (χ2v) is 7.72. The number of halogens is 2. The van der Waals surface area contributed by atoms with E-state index in [1.165, 1.54) is 18.5 Å². The van der Waals surface area contributed by atoms with Crippen LogP contribution in [-0.2, 0) is 0 Å². The summed E-state index contributed by atoms with van der Waals surface area (Å²) in [5.74, 6) is 1.00. The molecule has 9 heteroatoms. The first-order valence-corrected chi connectivity index (χ1v) is 10.9. The van der Waals surface area contributed by atoms with Crippen molar-refractivity contribution in [3.05, 3.63) is 83.4 Å². The number of aliphatic hydroxyl groups excluding tert-OH is 1. The van der Waals surface area contributed by atoms with Gasteiger partial charge >= 0.3 is 0 Å². The summed E-state index contributed by atoms with van der Waals surface area (Å²) in [4.78, 5) is 20.0. The zero-order valence-electron chi connectivity index (χ0n) is 18.0. The number of anilines is 2. The van der Waals surface area contributed by atoms with Gasteiger partial charge < -0.3 is 19.9 Å². The van der Waals surface area contributed by atoms with Gasteiger partial charge in [0.05, 0.1) is 23.8 Å². The van der Waals surface area contributed by atoms with Crippen LogP contribution in [0.3, 0.4) is 0 Å². The van der Waals surface area contributed by atoms with Crippen molar-refractivity contribution in [2.24, 2.45) is 0 Å². The molecule has 0 amide bonds. The number of ketones is 1. The molecule has 0 bridgehead atoms. The van der Waals surface area contributed by atoms with Crippen molar-refractivity contribution >= 4 is 39.8 Å². The van der Waals surface area contributed by atoms with Gasteiger partial charge in [0.1, 0.15) is 36.1 Å². The van der Waals surface area contributed by atoms with Crippen LogP contribution in [0.15, 0.2) is 67.0 Å². The minimum atomic E-state index is -0.517. The zero-order valence-corrected chi connectivity index (χ0v) is 18.8. The molecule has 1 aromatic heterocycles. The van der Waals surface area contributed by atoms with Crippen LogP contribution in [-0.4, -0.2) is 40.7 Å². The van der Waals surface area contributed by atoms with Crippen molar-refractivity contribution in [2.75, 3.05) is 25.1 Å². The van der Waals surface area contributed by atoms with Gasteiger partial charge in [0, 0.05) is 23.1 Å². The maximum atomic E-state index is 13.4. The van der Waals surface area contributed by atoms with Gasteiger partial charge in [-0.05, 0) is 60.7 Å². The number of aromatic nitrogens is 2. The minimum absolute atomic E-state index is 0.0178. The SMILES string of the molecule is O=C(CO)c1ccc(OCCCOc2ccc3ncnc(Nc4ccc(F)c(Cl)c4)c3c2)cc1. The number of fused-ring (bicyclic) bond motifs is 1. The van der Waals surface area contributed by atoms with E-state index in [9.17, 15) is 9.18 Å². The Hall–Kier alpha value is -3.75. The fourth-order valence-electron chi connectivity index (χ4n) is 3.20. The van der Waals surface area contributed by atoms with Crippen LogP contribution in [0.25, 0.3) is 10.9 Å². The summed E-state index contributed by atoms with van der Waals surface area (Å²) in [6.45, 7) is 0.343. The topological polar surface area (TPSA) is 93.6 Å². The van der Waals surface area contributed by atoms with Crippen molar-refractivity contribution in [2.45, 2.75) is 6.42 Å². The lowest BCUT2D eigenvalue weighted by molar-refractivity contribution is 0.0903. The standard InChI is InChI=1S/C25H21ClFN3O4/c26-21-12-17(4-8-22(21)27)30-25-20-13-19(7-9-23(20)28-15-29-25)34-11-1-10-33-18-5-2-16(3-6-18)24(32)14-31/h2-9,12-13,15,31H,1,10-11,14H2,(H,28,29,30). The summed E-state index contributed by atoms with van der Waals surface area (Å²) < 4.78 is 25.0. The van der Waals surface area contributed by atoms with Crippen molar-refractivity contribution in [1.82, 2.24) is 9.97 Å². The second kappa shape index (κ2) is 10.9. The molecule has 0 atom stereocenters. The summed E-state index contributed by atoms with van der Waals surface area (Å²) in [6.07, 6.45) is 2.08. The summed E-state index contributed by atoms with van der Waals surface area (Å²) >= 11 is 5.87. The highest BCUT2D eigenvalue weighted by Gasteiger charge is 2.08. The van der Waals surface area contributed by atoms with Gasteiger partial charge in [-0.1, -0.05) is 11.6 Å². The van der Waals surface area contributed by atoms with E-state index in [4.69, 9.17) is 26.2 Å². The largest absolute Gasteiger partial charge is 0.493 e. The quantitative estimate of drug-likeness (QED) is 0.238. The molecule has 0 radical (unpaired) electrons. The number of hydrogen-bond acceptors (Lipinski definition) is 7. The number of benzene rings is 3. The van der Waals surface area contributed by atoms with Gasteiger partial charge in [-0.3, -0.25) is 4.79 Å². The van der Waals surface area contributed by atoms with Crippen molar-refractivity contribution in [3.8, 4) is 11.5 Å². The third kappa shape index (κ3) is 5.78. The Bertz CT molecular complexity index is 1300. The Morgan fingerprint density at radius 2 is 1.71 bits per heavy atom. The number of rotatable bonds is 10. The molecule has 4 aromatic rings. The van der Waals surface area contributed by atoms with Gasteiger partial charge in [0.15, 0.2) is 5.78 Å². The molecule has 34 heavy (non-hydrogen) atoms. The molecule has 0 saturated carbocycles. The summed E-state index contributed by atoms with van der Waals surface area (Å²) in [7, 11) is 0. The number of nitrogens with one attached hydrogen (secondary N) is 1. The number of carbonyl (C=O) groups is 1. The molecule has 1 heterocycles. The fourth-order valence-corrected chi connectivity index (χ4v) is 3.38. The van der Waals surface area contributed by atoms with Crippen molar-refractivity contribution in [3.63, 3.8) is 0 Å². The first-order chi connectivity index (χ1) is 16.5. The van der Waals surface area contributed by atoms with Gasteiger partial charge in [-0.25, -0.2) is 14.4 Å². The zero-order chi connectivity index (χ0) is 23.9. The molecule has 174 valence electrons. The molecule has 0 unspecified atom stereocenters. The Kier molecular flexibility index (Phi) is 7.51. The molecule has 7 nitrogen and oxygen atoms in total. The molecule has 4 rings (SSSR count). The summed E-state index contributed by atoms with van der Waals surface area (Å²) in [5, 5.41) is 12.8. The molecule has 3 aromatic carbocycles. The molecule has 0 aliphatic carbocycles. The number of nitrogens with zero attached hydrogens (tertiary/aromatic N) is 2. The molecule has 0 fully saturated rings. The van der Waals surface area contributed by atoms with Gasteiger partial charge in [0.2, 0.25) is 0 Å². The van der Waals surface area contributed by atoms with E-state index in [-0.39, 0.29) is 10.8 Å². The Balaban J connectivity index is 1.34. The third-order valence-corrected chi connectivity index (χ3v) is 5.22. The predicted molar refractivity (Wildman–Crippen MR) is 128 cm³/mol. The van der Waals surface area contributed by atoms with Crippen LogP contribution in [0.1, 0.15) is 16.8 Å². The number of Topliss-reactive ketones (excluding diaryl/α,β-unsaturated/α-hetero) is 1. The lowest BCUT2D eigenvalue weighted by atomic mass is 10.1. The number of hydrogen-bond donors (Lipinski definition) is 2. The van der Waals surface area contributed by atoms with E-state index in [1.54, 1.807) is 30.3 Å². The lowest BCUT2D eigenvalue weighted by Crippen LogP contribution is -2.06. The van der Waals surface area contributed by atoms with E-state index in [0.717, 1.165) is 10.9 Å². The molecule has 2 N–H and O–H groups in total. The summed E-state index contributed by atoms with van der Waals surface area (Å²) in [6, 6.07) is 16.5. The van der Waals surface area contributed by atoms with E-state index in [1.807, 2.05) is 18.2 Å². The van der Waals surface area contributed by atoms with Crippen LogP contribution < -0.4 is 14.8 Å². The van der Waals surface area contributed by atoms with Crippen LogP contribution in [0.2, 0.25) is 5.02 Å². The highest BCUT2D eigenvalue weighted by molar-refractivity contribution is 6.31. The summed E-state index contributed by atoms with van der Waals surface area (Å²) in [5.41, 5.74) is 1.77. The third-order valence-electron chi connectivity index (χ3n) is 4.94. The normalized spacial score (nSPS) is 10.8. The Morgan fingerprint density at radius 1 is 0.971 bits per heavy atom. The van der Waals surface area contributed by atoms with Crippen LogP contribution in [0.5, 0.6) is 11.5 Å². The highest BCUT2D eigenvalue weighted by atomic mass is 35.5. The molecule has 0 aliphatic rings. The second-order valence-electron chi connectivity index (χ2n) is 7.31. The molecule has 0 saturated heterocycles. The van der Waals surface area contributed by atoms with Gasteiger partial charge in [-0.2, -0.15) is 0 Å². The van der Waals surface area contributed by atoms with E-state index >= 15 is 0 Å². The van der Waals surface area contributed by atoms with Gasteiger partial charge in [-0.15, -0.1) is 0 Å². The smallest absolute Gasteiger partial charge is 0.188 e. The van der Waals surface area contributed by atoms with Crippen LogP contribution in [0.4, 0.5) is 15.9 Å².